The van der Waals surface area contributed by atoms with Gasteiger partial charge in [-0.2, -0.15) is 0 Å². The van der Waals surface area contributed by atoms with Gasteiger partial charge in [-0.25, -0.2) is 9.97 Å². The largest absolute Gasteiger partial charge is 0.458 e. The number of nitrogens with one attached hydrogen (secondary N) is 1. The number of H-pyrrole nitrogens is 1. The van der Waals surface area contributed by atoms with Gasteiger partial charge in [0, 0.05) is 25.1 Å². The van der Waals surface area contributed by atoms with E-state index in [9.17, 15) is 0 Å². The first-order valence-corrected chi connectivity index (χ1v) is 11.0. The molecule has 2 aliphatic rings. The van der Waals surface area contributed by atoms with Crippen molar-refractivity contribution in [2.75, 3.05) is 31.2 Å². The van der Waals surface area contributed by atoms with Gasteiger partial charge in [-0.3, -0.25) is 0 Å². The number of hydrogen-bond acceptors (Lipinski definition) is 7. The van der Waals surface area contributed by atoms with Crippen molar-refractivity contribution >= 4 is 37.6 Å². The third-order valence-corrected chi connectivity index (χ3v) is 6.55. The van der Waals surface area contributed by atoms with Crippen LogP contribution in [0.25, 0.3) is 20.4 Å². The van der Waals surface area contributed by atoms with Crippen LogP contribution in [0.3, 0.4) is 0 Å². The molecule has 5 heterocycles. The molecule has 1 saturated heterocycles. The van der Waals surface area contributed by atoms with E-state index in [4.69, 9.17) is 24.2 Å². The molecule has 154 valence electrons. The Morgan fingerprint density at radius 1 is 1.24 bits per heavy atom. The minimum Gasteiger partial charge on any atom is -0.458 e. The molecule has 0 atom stereocenters. The second-order valence-electron chi connectivity index (χ2n) is 8.58. The number of aromatic amines is 1. The highest BCUT2D eigenvalue weighted by Gasteiger charge is 2.34. The highest BCUT2D eigenvalue weighted by atomic mass is 32.1. The maximum Gasteiger partial charge on any atom is 0.304 e. The first kappa shape index (κ1) is 19.0. The number of morpholine rings is 1. The molecule has 1 fully saturated rings. The van der Waals surface area contributed by atoms with Crippen molar-refractivity contribution in [3.05, 3.63) is 17.5 Å². The highest BCUT2D eigenvalue weighted by Crippen LogP contribution is 2.44. The zero-order valence-electron chi connectivity index (χ0n) is 17.4. The minimum absolute atomic E-state index is 0.0835. The van der Waals surface area contributed by atoms with Gasteiger partial charge in [-0.1, -0.05) is 0 Å². The van der Waals surface area contributed by atoms with E-state index in [1.54, 1.807) is 17.7 Å². The molecule has 0 radical (unpaired) electrons. The Labute approximate surface area is 174 Å². The van der Waals surface area contributed by atoms with Gasteiger partial charge in [0.1, 0.15) is 10.6 Å². The summed E-state index contributed by atoms with van der Waals surface area (Å²) in [6.07, 6.45) is 2.64. The van der Waals surface area contributed by atoms with Gasteiger partial charge in [-0.05, 0) is 38.2 Å². The number of ether oxygens (including phenoxy) is 3. The molecule has 2 aliphatic heterocycles. The Morgan fingerprint density at radius 3 is 2.79 bits per heavy atom. The standard InChI is InChI=1S/C21H26N4O3S/c1-12(2)28-19-17-16(22-11-23-19)15-13-9-21(3,4)27-10-14(13)18(24-20(15)29-17)25-5-7-26-8-6-25/h11-12H,5-10H2,1-4H3/p+1. The van der Waals surface area contributed by atoms with Crippen molar-refractivity contribution in [2.45, 2.75) is 52.4 Å². The van der Waals surface area contributed by atoms with Crippen LogP contribution in [0.15, 0.2) is 6.33 Å². The lowest BCUT2D eigenvalue weighted by atomic mass is 9.90. The van der Waals surface area contributed by atoms with Crippen LogP contribution < -0.4 is 14.6 Å². The average molecular weight is 416 g/mol. The first-order valence-electron chi connectivity index (χ1n) is 10.2. The molecule has 0 amide bonds. The highest BCUT2D eigenvalue weighted by molar-refractivity contribution is 7.25. The van der Waals surface area contributed by atoms with Gasteiger partial charge < -0.3 is 19.1 Å². The number of fused-ring (bicyclic) bond motifs is 5. The van der Waals surface area contributed by atoms with E-state index in [2.05, 4.69) is 23.7 Å². The van der Waals surface area contributed by atoms with Crippen LogP contribution in [0.1, 0.15) is 38.8 Å². The van der Waals surface area contributed by atoms with Gasteiger partial charge in [0.25, 0.3) is 6.33 Å². The van der Waals surface area contributed by atoms with Gasteiger partial charge in [0.2, 0.25) is 5.52 Å². The summed E-state index contributed by atoms with van der Waals surface area (Å²) in [4.78, 5) is 16.3. The molecule has 5 rings (SSSR count). The van der Waals surface area contributed by atoms with Crippen molar-refractivity contribution in [3.8, 4) is 5.88 Å². The summed E-state index contributed by atoms with van der Waals surface area (Å²) in [5.74, 6) is 1.80. The minimum atomic E-state index is -0.212. The molecule has 0 bridgehead atoms. The molecular weight excluding hydrogens is 388 g/mol. The molecule has 3 aromatic heterocycles. The number of anilines is 1. The molecule has 0 aromatic carbocycles. The molecule has 0 unspecified atom stereocenters. The number of aromatic nitrogens is 3. The van der Waals surface area contributed by atoms with Crippen LogP contribution in [-0.2, 0) is 22.5 Å². The average Bonchev–Trinajstić information content (AvgIpc) is 3.07. The predicted octanol–water partition coefficient (Wildman–Crippen LogP) is 3.13. The van der Waals surface area contributed by atoms with Crippen molar-refractivity contribution in [1.82, 2.24) is 9.97 Å². The molecule has 29 heavy (non-hydrogen) atoms. The Kier molecular flexibility index (Phi) is 4.60. The first-order chi connectivity index (χ1) is 13.9. The van der Waals surface area contributed by atoms with Gasteiger partial charge in [0.05, 0.1) is 36.9 Å². The summed E-state index contributed by atoms with van der Waals surface area (Å²) in [5.41, 5.74) is 3.26. The van der Waals surface area contributed by atoms with Crippen LogP contribution in [-0.4, -0.2) is 48.0 Å². The molecule has 1 N–H and O–H groups in total. The molecule has 0 saturated carbocycles. The van der Waals surface area contributed by atoms with Crippen molar-refractivity contribution in [3.63, 3.8) is 0 Å². The number of pyridine rings is 1. The fourth-order valence-electron chi connectivity index (χ4n) is 4.16. The number of thiophene rings is 1. The van der Waals surface area contributed by atoms with Crippen LogP contribution in [0, 0.1) is 0 Å². The number of rotatable bonds is 3. The molecule has 3 aromatic rings. The maximum atomic E-state index is 6.19. The van der Waals surface area contributed by atoms with E-state index in [0.717, 1.165) is 64.9 Å². The van der Waals surface area contributed by atoms with Crippen molar-refractivity contribution in [1.29, 1.82) is 0 Å². The lowest BCUT2D eigenvalue weighted by Crippen LogP contribution is -2.39. The lowest BCUT2D eigenvalue weighted by molar-refractivity contribution is -0.398. The second kappa shape index (κ2) is 7.04. The predicted molar refractivity (Wildman–Crippen MR) is 113 cm³/mol. The van der Waals surface area contributed by atoms with Crippen molar-refractivity contribution < 1.29 is 19.2 Å². The van der Waals surface area contributed by atoms with Crippen LogP contribution in [0.5, 0.6) is 5.88 Å². The zero-order valence-corrected chi connectivity index (χ0v) is 18.2. The molecule has 7 nitrogen and oxygen atoms in total. The van der Waals surface area contributed by atoms with Crippen LogP contribution >= 0.6 is 11.3 Å². The summed E-state index contributed by atoms with van der Waals surface area (Å²) in [6, 6.07) is 0. The Hall–Kier alpha value is -2.03. The molecule has 0 aliphatic carbocycles. The van der Waals surface area contributed by atoms with Gasteiger partial charge in [-0.15, -0.1) is 11.3 Å². The van der Waals surface area contributed by atoms with Crippen molar-refractivity contribution in [2.24, 2.45) is 0 Å². The fraction of sp³-hybridized carbons (Fsp3) is 0.571. The Morgan fingerprint density at radius 2 is 2.03 bits per heavy atom. The number of hydrogen-bond donors (Lipinski definition) is 0. The molecule has 0 spiro atoms. The fourth-order valence-corrected chi connectivity index (χ4v) is 5.26. The zero-order chi connectivity index (χ0) is 20.2. The monoisotopic (exact) mass is 415 g/mol. The third kappa shape index (κ3) is 3.33. The van der Waals surface area contributed by atoms with Crippen LogP contribution in [0.2, 0.25) is 0 Å². The Bertz CT molecular complexity index is 1070. The lowest BCUT2D eigenvalue weighted by Gasteiger charge is -2.36. The summed E-state index contributed by atoms with van der Waals surface area (Å²) >= 11 is 1.65. The van der Waals surface area contributed by atoms with Crippen LogP contribution in [0.4, 0.5) is 5.82 Å². The normalized spacial score (nSPS) is 19.1. The summed E-state index contributed by atoms with van der Waals surface area (Å²) in [7, 11) is 0. The molecule has 8 heteroatoms. The van der Waals surface area contributed by atoms with E-state index >= 15 is 0 Å². The van der Waals surface area contributed by atoms with E-state index in [1.807, 2.05) is 13.8 Å². The Balaban J connectivity index is 1.77. The number of nitrogens with zero attached hydrogens (tertiary/aromatic N) is 3. The summed E-state index contributed by atoms with van der Waals surface area (Å²) in [6.45, 7) is 12.1. The van der Waals surface area contributed by atoms with Gasteiger partial charge in [0.15, 0.2) is 4.70 Å². The second-order valence-corrected chi connectivity index (χ2v) is 9.57. The maximum absolute atomic E-state index is 6.19. The third-order valence-electron chi connectivity index (χ3n) is 5.48. The summed E-state index contributed by atoms with van der Waals surface area (Å²) < 4.78 is 18.8. The molecular formula is C21H27N4O3S+. The SMILES string of the molecule is CC(C)Oc1[nH+]cnc2c1sc1nc(N3CCOCC3)c3c(c12)CC(C)(C)OC3. The quantitative estimate of drug-likeness (QED) is 0.655. The van der Waals surface area contributed by atoms with E-state index < -0.39 is 0 Å². The van der Waals surface area contributed by atoms with E-state index in [-0.39, 0.29) is 11.7 Å². The smallest absolute Gasteiger partial charge is 0.304 e. The van der Waals surface area contributed by atoms with Gasteiger partial charge >= 0.3 is 5.88 Å². The topological polar surface area (TPSA) is 70.9 Å². The van der Waals surface area contributed by atoms with E-state index in [1.165, 1.54) is 11.1 Å². The van der Waals surface area contributed by atoms with E-state index in [0.29, 0.717) is 6.61 Å². The summed E-state index contributed by atoms with van der Waals surface area (Å²) in [5, 5.41) is 1.15.